The van der Waals surface area contributed by atoms with Gasteiger partial charge in [0.05, 0.1) is 6.61 Å². The highest BCUT2D eigenvalue weighted by Gasteiger charge is 2.31. The van der Waals surface area contributed by atoms with Gasteiger partial charge in [-0.2, -0.15) is 4.31 Å². The molecule has 0 aromatic carbocycles. The van der Waals surface area contributed by atoms with E-state index in [-0.39, 0.29) is 0 Å². The van der Waals surface area contributed by atoms with E-state index in [2.05, 4.69) is 0 Å². The third kappa shape index (κ3) is 3.61. The summed E-state index contributed by atoms with van der Waals surface area (Å²) in [6.45, 7) is 6.57. The summed E-state index contributed by atoms with van der Waals surface area (Å²) in [4.78, 5) is 1.12. The fourth-order valence-corrected chi connectivity index (χ4v) is 5.48. The van der Waals surface area contributed by atoms with Crippen molar-refractivity contribution in [2.75, 3.05) is 26.3 Å². The largest absolute Gasteiger partial charge is 0.381 e. The zero-order valence-corrected chi connectivity index (χ0v) is 13.8. The Morgan fingerprint density at radius 2 is 2.20 bits per heavy atom. The molecule has 1 saturated heterocycles. The van der Waals surface area contributed by atoms with E-state index in [1.165, 1.54) is 11.3 Å². The minimum Gasteiger partial charge on any atom is -0.381 e. The van der Waals surface area contributed by atoms with Crippen LogP contribution in [-0.2, 0) is 21.2 Å². The lowest BCUT2D eigenvalue weighted by Gasteiger charge is -2.31. The number of piperidine rings is 1. The van der Waals surface area contributed by atoms with Crippen LogP contribution >= 0.6 is 11.3 Å². The average Bonchev–Trinajstić information content (AvgIpc) is 2.95. The second kappa shape index (κ2) is 7.02. The van der Waals surface area contributed by atoms with Crippen molar-refractivity contribution in [3.8, 4) is 0 Å². The van der Waals surface area contributed by atoms with Gasteiger partial charge in [0.15, 0.2) is 0 Å². The number of hydrogen-bond donors (Lipinski definition) is 0. The first-order valence-corrected chi connectivity index (χ1v) is 9.50. The third-order valence-electron chi connectivity index (χ3n) is 3.62. The molecule has 114 valence electrons. The molecule has 1 aliphatic heterocycles. The summed E-state index contributed by atoms with van der Waals surface area (Å²) < 4.78 is 32.8. The van der Waals surface area contributed by atoms with Gasteiger partial charge in [-0.15, -0.1) is 11.3 Å². The maximum Gasteiger partial charge on any atom is 0.252 e. The Balaban J connectivity index is 2.08. The number of rotatable bonds is 6. The van der Waals surface area contributed by atoms with Gasteiger partial charge in [0.25, 0.3) is 10.0 Å². The Labute approximate surface area is 125 Å². The lowest BCUT2D eigenvalue weighted by atomic mass is 10.0. The summed E-state index contributed by atoms with van der Waals surface area (Å²) in [5.74, 6) is 0.323. The van der Waals surface area contributed by atoms with Crippen molar-refractivity contribution >= 4 is 21.4 Å². The van der Waals surface area contributed by atoms with E-state index in [4.69, 9.17) is 4.74 Å². The smallest absolute Gasteiger partial charge is 0.252 e. The standard InChI is InChI=1S/C14H23NO3S2/c1-3-13-7-8-14(19-13)20(16,17)15-9-5-6-12(10-15)11-18-4-2/h7-8,12H,3-6,9-11H2,1-2H3. The zero-order chi connectivity index (χ0) is 14.6. The van der Waals surface area contributed by atoms with E-state index in [9.17, 15) is 8.42 Å². The summed E-state index contributed by atoms with van der Waals surface area (Å²) in [7, 11) is -3.31. The molecule has 6 heteroatoms. The number of aryl methyl sites for hydroxylation is 1. The molecule has 1 fully saturated rings. The Kier molecular flexibility index (Phi) is 5.60. The van der Waals surface area contributed by atoms with Crippen molar-refractivity contribution in [1.29, 1.82) is 0 Å². The van der Waals surface area contributed by atoms with Crippen LogP contribution in [0.1, 0.15) is 31.6 Å². The lowest BCUT2D eigenvalue weighted by molar-refractivity contribution is 0.0864. The van der Waals surface area contributed by atoms with Gasteiger partial charge in [0.2, 0.25) is 0 Å². The molecule has 0 radical (unpaired) electrons. The fourth-order valence-electron chi connectivity index (χ4n) is 2.48. The lowest BCUT2D eigenvalue weighted by Crippen LogP contribution is -2.40. The molecule has 1 aliphatic rings. The highest BCUT2D eigenvalue weighted by molar-refractivity contribution is 7.91. The van der Waals surface area contributed by atoms with E-state index in [1.807, 2.05) is 19.9 Å². The molecule has 0 saturated carbocycles. The van der Waals surface area contributed by atoms with Crippen molar-refractivity contribution in [3.05, 3.63) is 17.0 Å². The highest BCUT2D eigenvalue weighted by Crippen LogP contribution is 2.28. The molecule has 0 bridgehead atoms. The highest BCUT2D eigenvalue weighted by atomic mass is 32.2. The van der Waals surface area contributed by atoms with E-state index in [0.717, 1.165) is 24.1 Å². The molecule has 0 amide bonds. The summed E-state index contributed by atoms with van der Waals surface area (Å²) >= 11 is 1.39. The van der Waals surface area contributed by atoms with E-state index < -0.39 is 10.0 Å². The maximum absolute atomic E-state index is 12.6. The van der Waals surface area contributed by atoms with E-state index >= 15 is 0 Å². The van der Waals surface area contributed by atoms with Crippen molar-refractivity contribution in [3.63, 3.8) is 0 Å². The quantitative estimate of drug-likeness (QED) is 0.810. The van der Waals surface area contributed by atoms with Crippen LogP contribution in [0.3, 0.4) is 0 Å². The molecule has 2 heterocycles. The summed E-state index contributed by atoms with van der Waals surface area (Å²) in [5.41, 5.74) is 0. The molecule has 1 aromatic rings. The SMILES string of the molecule is CCOCC1CCCN(S(=O)(=O)c2ccc(CC)s2)C1. The van der Waals surface area contributed by atoms with Gasteiger partial charge in [0, 0.05) is 24.6 Å². The van der Waals surface area contributed by atoms with Crippen LogP contribution in [0.2, 0.25) is 0 Å². The molecule has 2 rings (SSSR count). The normalized spacial score (nSPS) is 21.2. The first-order chi connectivity index (χ1) is 9.57. The minimum absolute atomic E-state index is 0.323. The van der Waals surface area contributed by atoms with Crippen LogP contribution in [0.15, 0.2) is 16.3 Å². The Hall–Kier alpha value is -0.430. The summed E-state index contributed by atoms with van der Waals surface area (Å²) in [6, 6.07) is 3.66. The predicted molar refractivity (Wildman–Crippen MR) is 81.7 cm³/mol. The molecule has 1 aromatic heterocycles. The second-order valence-corrected chi connectivity index (χ2v) is 8.44. The van der Waals surface area contributed by atoms with Crippen LogP contribution in [0.25, 0.3) is 0 Å². The first kappa shape index (κ1) is 15.9. The van der Waals surface area contributed by atoms with Gasteiger partial charge in [-0.25, -0.2) is 8.42 Å². The molecule has 1 atom stereocenters. The fraction of sp³-hybridized carbons (Fsp3) is 0.714. The van der Waals surface area contributed by atoms with Crippen molar-refractivity contribution in [2.45, 2.75) is 37.3 Å². The van der Waals surface area contributed by atoms with Gasteiger partial charge < -0.3 is 4.74 Å². The molecule has 0 aliphatic carbocycles. The van der Waals surface area contributed by atoms with Crippen molar-refractivity contribution < 1.29 is 13.2 Å². The topological polar surface area (TPSA) is 46.6 Å². The summed E-state index contributed by atoms with van der Waals surface area (Å²) in [6.07, 6.45) is 2.85. The average molecular weight is 317 g/mol. The second-order valence-electron chi connectivity index (χ2n) is 5.11. The van der Waals surface area contributed by atoms with Crippen LogP contribution < -0.4 is 0 Å². The number of ether oxygens (including phenoxy) is 1. The van der Waals surface area contributed by atoms with E-state index in [0.29, 0.717) is 36.4 Å². The van der Waals surface area contributed by atoms with Gasteiger partial charge in [-0.3, -0.25) is 0 Å². The maximum atomic E-state index is 12.6. The molecule has 0 spiro atoms. The number of thiophene rings is 1. The molecular weight excluding hydrogens is 294 g/mol. The van der Waals surface area contributed by atoms with Gasteiger partial charge in [-0.05, 0) is 44.2 Å². The van der Waals surface area contributed by atoms with Crippen LogP contribution in [0, 0.1) is 5.92 Å². The predicted octanol–water partition coefficient (Wildman–Crippen LogP) is 2.75. The molecule has 1 unspecified atom stereocenters. The first-order valence-electron chi connectivity index (χ1n) is 7.24. The Bertz CT molecular complexity index is 524. The zero-order valence-electron chi connectivity index (χ0n) is 12.2. The minimum atomic E-state index is -3.31. The Morgan fingerprint density at radius 1 is 1.40 bits per heavy atom. The Morgan fingerprint density at radius 3 is 2.85 bits per heavy atom. The van der Waals surface area contributed by atoms with Crippen LogP contribution in [0.4, 0.5) is 0 Å². The molecular formula is C14H23NO3S2. The van der Waals surface area contributed by atoms with Crippen molar-refractivity contribution in [2.24, 2.45) is 5.92 Å². The number of sulfonamides is 1. The van der Waals surface area contributed by atoms with Crippen molar-refractivity contribution in [1.82, 2.24) is 4.31 Å². The van der Waals surface area contributed by atoms with Crippen LogP contribution in [0.5, 0.6) is 0 Å². The summed E-state index contributed by atoms with van der Waals surface area (Å²) in [5, 5.41) is 0. The van der Waals surface area contributed by atoms with E-state index in [1.54, 1.807) is 10.4 Å². The van der Waals surface area contributed by atoms with Crippen LogP contribution in [-0.4, -0.2) is 39.0 Å². The van der Waals surface area contributed by atoms with Gasteiger partial charge >= 0.3 is 0 Å². The molecule has 4 nitrogen and oxygen atoms in total. The number of hydrogen-bond acceptors (Lipinski definition) is 4. The molecule has 0 N–H and O–H groups in total. The van der Waals surface area contributed by atoms with Gasteiger partial charge in [0.1, 0.15) is 4.21 Å². The number of nitrogens with zero attached hydrogens (tertiary/aromatic N) is 1. The molecule has 20 heavy (non-hydrogen) atoms. The third-order valence-corrected chi connectivity index (χ3v) is 7.18. The monoisotopic (exact) mass is 317 g/mol. The van der Waals surface area contributed by atoms with Gasteiger partial charge in [-0.1, -0.05) is 6.92 Å².